The number of aromatic amines is 1. The Kier molecular flexibility index (Phi) is 8.83. The summed E-state index contributed by atoms with van der Waals surface area (Å²) in [6, 6.07) is -0.558. The Hall–Kier alpha value is -3.71. The first-order chi connectivity index (χ1) is 17.1. The quantitative estimate of drug-likeness (QED) is 0.244. The van der Waals surface area contributed by atoms with Gasteiger partial charge in [0.2, 0.25) is 5.95 Å². The predicted octanol–water partition coefficient (Wildman–Crippen LogP) is 0.318. The lowest BCUT2D eigenvalue weighted by atomic mass is 10.0. The Labute approximate surface area is 207 Å². The van der Waals surface area contributed by atoms with Crippen LogP contribution in [0.25, 0.3) is 0 Å². The number of aryl methyl sites for hydroxylation is 1. The second kappa shape index (κ2) is 11.8. The molecule has 1 aliphatic heterocycles. The zero-order chi connectivity index (χ0) is 26.4. The molecule has 0 amide bonds. The number of anilines is 3. The first-order valence-corrected chi connectivity index (χ1v) is 11.7. The molecule has 3 rings (SSSR count). The third-order valence-electron chi connectivity index (χ3n) is 5.65. The van der Waals surface area contributed by atoms with Gasteiger partial charge in [0, 0.05) is 45.1 Å². The third kappa shape index (κ3) is 6.49. The van der Waals surface area contributed by atoms with Gasteiger partial charge in [0.1, 0.15) is 18.4 Å². The van der Waals surface area contributed by atoms with E-state index in [9.17, 15) is 24.6 Å². The minimum Gasteiger partial charge on any atom is -0.461 e. The van der Waals surface area contributed by atoms with Crippen LogP contribution in [0, 0.1) is 0 Å². The van der Waals surface area contributed by atoms with E-state index in [4.69, 9.17) is 9.47 Å². The minimum atomic E-state index is -1.06. The molecule has 0 aromatic carbocycles. The summed E-state index contributed by atoms with van der Waals surface area (Å²) in [5, 5.41) is 28.6. The van der Waals surface area contributed by atoms with Crippen LogP contribution in [-0.2, 0) is 33.8 Å². The Balaban J connectivity index is 1.75. The van der Waals surface area contributed by atoms with Crippen LogP contribution in [0.4, 0.5) is 17.5 Å². The predicted molar refractivity (Wildman–Crippen MR) is 131 cm³/mol. The number of carbonyl (C=O) groups excluding carboxylic acids is 2. The number of rotatable bonds is 10. The molecule has 2 aromatic heterocycles. The van der Waals surface area contributed by atoms with Crippen molar-refractivity contribution in [2.75, 3.05) is 29.0 Å². The van der Waals surface area contributed by atoms with Crippen LogP contribution < -0.4 is 26.2 Å². The Morgan fingerprint density at radius 1 is 1.28 bits per heavy atom. The molecule has 0 spiro atoms. The second-order valence-electron chi connectivity index (χ2n) is 8.44. The molecule has 0 fully saturated rings. The Morgan fingerprint density at radius 3 is 2.67 bits per heavy atom. The molecule has 13 nitrogen and oxygen atoms in total. The van der Waals surface area contributed by atoms with Crippen LogP contribution in [-0.4, -0.2) is 68.4 Å². The fourth-order valence-electron chi connectivity index (χ4n) is 3.79. The number of hydrogen-bond acceptors (Lipinski definition) is 12. The van der Waals surface area contributed by atoms with Gasteiger partial charge in [-0.15, -0.1) is 0 Å². The van der Waals surface area contributed by atoms with Crippen molar-refractivity contribution in [3.63, 3.8) is 0 Å². The number of fused-ring (bicyclic) bond motifs is 1. The Bertz CT molecular complexity index is 1170. The van der Waals surface area contributed by atoms with E-state index in [0.29, 0.717) is 29.9 Å². The normalized spacial score (nSPS) is 16.1. The smallest absolute Gasteiger partial charge is 0.308 e. The largest absolute Gasteiger partial charge is 0.461 e. The SMILES string of the molecule is CCc1cnc(CCNc2nc3c(c(=O)[nH]2)N[C@@H]([C@@H](O)[C@H](C)O)CN3)c(OC(C)=O)c1COC(C)=O. The van der Waals surface area contributed by atoms with Gasteiger partial charge in [-0.3, -0.25) is 24.4 Å². The molecule has 2 aromatic rings. The van der Waals surface area contributed by atoms with Crippen molar-refractivity contribution in [2.45, 2.75) is 65.4 Å². The van der Waals surface area contributed by atoms with E-state index in [1.165, 1.54) is 20.8 Å². The van der Waals surface area contributed by atoms with E-state index < -0.39 is 35.7 Å². The highest BCUT2D eigenvalue weighted by Crippen LogP contribution is 2.28. The molecular weight excluding hydrogens is 472 g/mol. The first-order valence-electron chi connectivity index (χ1n) is 11.7. The van der Waals surface area contributed by atoms with E-state index >= 15 is 0 Å². The van der Waals surface area contributed by atoms with Gasteiger partial charge in [-0.1, -0.05) is 6.92 Å². The third-order valence-corrected chi connectivity index (χ3v) is 5.65. The monoisotopic (exact) mass is 504 g/mol. The topological polar surface area (TPSA) is 188 Å². The van der Waals surface area contributed by atoms with Gasteiger partial charge in [-0.05, 0) is 18.9 Å². The maximum Gasteiger partial charge on any atom is 0.308 e. The van der Waals surface area contributed by atoms with Crippen molar-refractivity contribution in [2.24, 2.45) is 0 Å². The number of hydrogen-bond donors (Lipinski definition) is 6. The van der Waals surface area contributed by atoms with Gasteiger partial charge < -0.3 is 35.6 Å². The lowest BCUT2D eigenvalue weighted by Crippen LogP contribution is -2.48. The van der Waals surface area contributed by atoms with Crippen LogP contribution in [0.15, 0.2) is 11.0 Å². The van der Waals surface area contributed by atoms with E-state index in [-0.39, 0.29) is 37.1 Å². The minimum absolute atomic E-state index is 0.0484. The number of nitrogens with one attached hydrogen (secondary N) is 4. The van der Waals surface area contributed by atoms with E-state index in [0.717, 1.165) is 5.56 Å². The molecule has 13 heteroatoms. The van der Waals surface area contributed by atoms with E-state index in [2.05, 4.69) is 30.9 Å². The number of aliphatic hydroxyl groups excluding tert-OH is 2. The summed E-state index contributed by atoms with van der Waals surface area (Å²) in [4.78, 5) is 47.1. The summed E-state index contributed by atoms with van der Waals surface area (Å²) in [6.07, 6.45) is 0.548. The molecule has 0 saturated carbocycles. The average Bonchev–Trinajstić information content (AvgIpc) is 2.82. The van der Waals surface area contributed by atoms with Crippen LogP contribution >= 0.6 is 0 Å². The molecule has 3 heterocycles. The molecule has 36 heavy (non-hydrogen) atoms. The number of ether oxygens (including phenoxy) is 2. The standard InChI is InChI=1S/C23H32N6O7/c1-5-14-8-25-16(20(36-13(4)32)15(14)10-35-12(3)31)6-7-24-23-28-21-18(22(34)29-23)27-17(9-26-21)19(33)11(2)30/h8,11,17,19,27,30,33H,5-7,9-10H2,1-4H3,(H3,24,26,28,29,34)/t11-,17+,19-/m0/s1. The van der Waals surface area contributed by atoms with Gasteiger partial charge in [0.25, 0.3) is 5.56 Å². The summed E-state index contributed by atoms with van der Waals surface area (Å²) in [5.41, 5.74) is 1.57. The molecule has 0 radical (unpaired) electrons. The maximum atomic E-state index is 12.6. The first kappa shape index (κ1) is 26.9. The maximum absolute atomic E-state index is 12.6. The molecular formula is C23H32N6O7. The van der Waals surface area contributed by atoms with Crippen molar-refractivity contribution in [1.82, 2.24) is 15.0 Å². The Morgan fingerprint density at radius 2 is 2.03 bits per heavy atom. The lowest BCUT2D eigenvalue weighted by molar-refractivity contribution is -0.142. The van der Waals surface area contributed by atoms with Crippen LogP contribution in [0.2, 0.25) is 0 Å². The number of H-pyrrole nitrogens is 1. The fourth-order valence-corrected chi connectivity index (χ4v) is 3.79. The number of carbonyl (C=O) groups is 2. The van der Waals surface area contributed by atoms with Gasteiger partial charge >= 0.3 is 11.9 Å². The summed E-state index contributed by atoms with van der Waals surface area (Å²) < 4.78 is 10.6. The number of aromatic nitrogens is 3. The van der Waals surface area contributed by atoms with Gasteiger partial charge in [0.15, 0.2) is 11.6 Å². The van der Waals surface area contributed by atoms with Crippen molar-refractivity contribution >= 4 is 29.4 Å². The number of aliphatic hydroxyl groups is 2. The second-order valence-corrected chi connectivity index (χ2v) is 8.44. The van der Waals surface area contributed by atoms with E-state index in [1.54, 1.807) is 6.20 Å². The molecule has 3 atom stereocenters. The highest BCUT2D eigenvalue weighted by atomic mass is 16.5. The molecule has 1 aliphatic rings. The van der Waals surface area contributed by atoms with Crippen LogP contribution in [0.3, 0.4) is 0 Å². The molecule has 0 aliphatic carbocycles. The summed E-state index contributed by atoms with van der Waals surface area (Å²) in [5.74, 6) is -0.206. The average molecular weight is 505 g/mol. The lowest BCUT2D eigenvalue weighted by Gasteiger charge is -2.31. The number of nitrogens with zero attached hydrogens (tertiary/aromatic N) is 2. The summed E-state index contributed by atoms with van der Waals surface area (Å²) in [6.45, 7) is 6.47. The molecule has 6 N–H and O–H groups in total. The van der Waals surface area contributed by atoms with Crippen molar-refractivity contribution in [1.29, 1.82) is 0 Å². The fraction of sp³-hybridized carbons (Fsp3) is 0.522. The van der Waals surface area contributed by atoms with Crippen molar-refractivity contribution in [3.05, 3.63) is 33.4 Å². The summed E-state index contributed by atoms with van der Waals surface area (Å²) in [7, 11) is 0. The van der Waals surface area contributed by atoms with Crippen molar-refractivity contribution in [3.8, 4) is 5.75 Å². The number of pyridine rings is 1. The van der Waals surface area contributed by atoms with Crippen LogP contribution in [0.1, 0.15) is 44.5 Å². The van der Waals surface area contributed by atoms with E-state index in [1.807, 2.05) is 6.92 Å². The van der Waals surface area contributed by atoms with Gasteiger partial charge in [-0.25, -0.2) is 0 Å². The molecule has 0 bridgehead atoms. The molecule has 0 unspecified atom stereocenters. The van der Waals surface area contributed by atoms with Gasteiger partial charge in [-0.2, -0.15) is 4.98 Å². The summed E-state index contributed by atoms with van der Waals surface area (Å²) >= 11 is 0. The molecule has 196 valence electrons. The molecule has 0 saturated heterocycles. The highest BCUT2D eigenvalue weighted by Gasteiger charge is 2.29. The highest BCUT2D eigenvalue weighted by molar-refractivity contribution is 5.71. The van der Waals surface area contributed by atoms with Gasteiger partial charge in [0.05, 0.1) is 17.8 Å². The van der Waals surface area contributed by atoms with Crippen molar-refractivity contribution < 1.29 is 29.3 Å². The van der Waals surface area contributed by atoms with Crippen LogP contribution in [0.5, 0.6) is 5.75 Å². The zero-order valence-corrected chi connectivity index (χ0v) is 20.7. The number of esters is 2. The zero-order valence-electron chi connectivity index (χ0n) is 20.7.